The molecule has 0 aliphatic carbocycles. The summed E-state index contributed by atoms with van der Waals surface area (Å²) in [5, 5.41) is 10.1. The lowest BCUT2D eigenvalue weighted by Crippen LogP contribution is -2.28. The zero-order valence-electron chi connectivity index (χ0n) is 8.43. The highest BCUT2D eigenvalue weighted by atomic mass is 32.2. The average Bonchev–Trinajstić information content (AvgIpc) is 2.30. The number of Topliss-reactive ketones (excluding diaryl/α,β-unsaturated/α-hetero) is 1. The van der Waals surface area contributed by atoms with Crippen LogP contribution in [0.1, 0.15) is 18.1 Å². The Morgan fingerprint density at radius 2 is 2.07 bits per heavy atom. The van der Waals surface area contributed by atoms with Gasteiger partial charge in [-0.15, -0.1) is 0 Å². The molecule has 2 nitrogen and oxygen atoms in total. The Balaban J connectivity index is 2.13. The van der Waals surface area contributed by atoms with Gasteiger partial charge in [0.05, 0.1) is 12.0 Å². The van der Waals surface area contributed by atoms with Gasteiger partial charge < -0.3 is 5.11 Å². The lowest BCUT2D eigenvalue weighted by molar-refractivity contribution is -0.125. The predicted molar refractivity (Wildman–Crippen MR) is 61.8 cm³/mol. The van der Waals surface area contributed by atoms with Gasteiger partial charge >= 0.3 is 0 Å². The summed E-state index contributed by atoms with van der Waals surface area (Å²) in [7, 11) is 0. The van der Waals surface area contributed by atoms with Crippen molar-refractivity contribution in [3.8, 4) is 0 Å². The van der Waals surface area contributed by atoms with E-state index in [4.69, 9.17) is 0 Å². The van der Waals surface area contributed by atoms with Crippen LogP contribution in [0.25, 0.3) is 0 Å². The smallest absolute Gasteiger partial charge is 0.140 e. The summed E-state index contributed by atoms with van der Waals surface area (Å²) in [6.07, 6.45) is -0.0364. The number of carbonyl (C=O) groups is 1. The number of hydrogen-bond donors (Lipinski definition) is 1. The van der Waals surface area contributed by atoms with E-state index in [1.807, 2.05) is 30.3 Å². The molecule has 1 aliphatic heterocycles. The van der Waals surface area contributed by atoms with E-state index in [9.17, 15) is 9.90 Å². The fourth-order valence-electron chi connectivity index (χ4n) is 1.81. The van der Waals surface area contributed by atoms with Crippen LogP contribution in [0, 0.1) is 5.92 Å². The second-order valence-electron chi connectivity index (χ2n) is 3.75. The molecule has 0 saturated carbocycles. The average molecular weight is 222 g/mol. The van der Waals surface area contributed by atoms with Gasteiger partial charge in [-0.2, -0.15) is 11.8 Å². The number of aliphatic hydroxyl groups excluding tert-OH is 1. The van der Waals surface area contributed by atoms with Gasteiger partial charge in [-0.3, -0.25) is 4.79 Å². The van der Waals surface area contributed by atoms with E-state index in [1.165, 1.54) is 0 Å². The first kappa shape index (κ1) is 10.7. The van der Waals surface area contributed by atoms with E-state index in [-0.39, 0.29) is 11.7 Å². The molecular weight excluding hydrogens is 208 g/mol. The van der Waals surface area contributed by atoms with Crippen molar-refractivity contribution < 1.29 is 9.90 Å². The molecule has 3 heteroatoms. The molecule has 1 heterocycles. The molecule has 0 unspecified atom stereocenters. The van der Waals surface area contributed by atoms with Crippen molar-refractivity contribution in [3.63, 3.8) is 0 Å². The van der Waals surface area contributed by atoms with E-state index < -0.39 is 6.10 Å². The molecule has 0 aromatic heterocycles. The van der Waals surface area contributed by atoms with Gasteiger partial charge in [-0.25, -0.2) is 0 Å². The van der Waals surface area contributed by atoms with Crippen LogP contribution in [-0.4, -0.2) is 22.4 Å². The van der Waals surface area contributed by atoms with Crippen LogP contribution in [0.5, 0.6) is 0 Å². The van der Waals surface area contributed by atoms with Gasteiger partial charge in [0, 0.05) is 17.9 Å². The van der Waals surface area contributed by atoms with E-state index in [2.05, 4.69) is 0 Å². The SMILES string of the molecule is O=C1CCSC[C@@H]1[C@@H](O)c1ccccc1. The molecule has 0 spiro atoms. The van der Waals surface area contributed by atoms with Gasteiger partial charge in [0.25, 0.3) is 0 Å². The van der Waals surface area contributed by atoms with Crippen molar-refractivity contribution in [2.75, 3.05) is 11.5 Å². The number of thioether (sulfide) groups is 1. The summed E-state index contributed by atoms with van der Waals surface area (Å²) in [5.74, 6) is 1.63. The van der Waals surface area contributed by atoms with Crippen LogP contribution in [0.15, 0.2) is 30.3 Å². The van der Waals surface area contributed by atoms with E-state index >= 15 is 0 Å². The fourth-order valence-corrected chi connectivity index (χ4v) is 2.95. The third-order valence-electron chi connectivity index (χ3n) is 2.73. The van der Waals surface area contributed by atoms with Crippen LogP contribution in [0.3, 0.4) is 0 Å². The second kappa shape index (κ2) is 4.81. The summed E-state index contributed by atoms with van der Waals surface area (Å²) in [6.45, 7) is 0. The molecule has 1 aromatic rings. The van der Waals surface area contributed by atoms with Crippen molar-refractivity contribution in [1.82, 2.24) is 0 Å². The summed E-state index contributed by atoms with van der Waals surface area (Å²) in [6, 6.07) is 9.43. The monoisotopic (exact) mass is 222 g/mol. The minimum atomic E-state index is -0.633. The van der Waals surface area contributed by atoms with Gasteiger partial charge in [-0.1, -0.05) is 30.3 Å². The predicted octanol–water partition coefficient (Wildman–Crippen LogP) is 2.04. The van der Waals surface area contributed by atoms with Crippen molar-refractivity contribution in [3.05, 3.63) is 35.9 Å². The summed E-state index contributed by atoms with van der Waals surface area (Å²) >= 11 is 1.75. The highest BCUT2D eigenvalue weighted by molar-refractivity contribution is 7.99. The third-order valence-corrected chi connectivity index (χ3v) is 3.81. The first-order valence-electron chi connectivity index (χ1n) is 5.12. The Hall–Kier alpha value is -0.800. The maximum absolute atomic E-state index is 11.6. The van der Waals surface area contributed by atoms with Crippen LogP contribution < -0.4 is 0 Å². The summed E-state index contributed by atoms with van der Waals surface area (Å²) < 4.78 is 0. The molecule has 0 bridgehead atoms. The van der Waals surface area contributed by atoms with Crippen molar-refractivity contribution in [2.24, 2.45) is 5.92 Å². The Bertz CT molecular complexity index is 337. The Morgan fingerprint density at radius 3 is 2.73 bits per heavy atom. The molecule has 1 aliphatic rings. The van der Waals surface area contributed by atoms with E-state index in [1.54, 1.807) is 11.8 Å². The lowest BCUT2D eigenvalue weighted by Gasteiger charge is -2.25. The van der Waals surface area contributed by atoms with Crippen LogP contribution in [0.2, 0.25) is 0 Å². The Labute approximate surface area is 93.7 Å². The molecule has 1 aromatic carbocycles. The van der Waals surface area contributed by atoms with Crippen LogP contribution in [0.4, 0.5) is 0 Å². The molecule has 1 saturated heterocycles. The van der Waals surface area contributed by atoms with Crippen molar-refractivity contribution in [2.45, 2.75) is 12.5 Å². The third kappa shape index (κ3) is 2.41. The summed E-state index contributed by atoms with van der Waals surface area (Å²) in [4.78, 5) is 11.6. The number of carbonyl (C=O) groups excluding carboxylic acids is 1. The minimum absolute atomic E-state index is 0.199. The molecule has 0 amide bonds. The summed E-state index contributed by atoms with van der Waals surface area (Å²) in [5.41, 5.74) is 0.846. The Kier molecular flexibility index (Phi) is 3.44. The lowest BCUT2D eigenvalue weighted by atomic mass is 9.92. The van der Waals surface area contributed by atoms with Crippen LogP contribution in [-0.2, 0) is 4.79 Å². The molecule has 2 rings (SSSR count). The molecular formula is C12H14O2S. The molecule has 0 radical (unpaired) electrons. The number of rotatable bonds is 2. The normalized spacial score (nSPS) is 23.8. The molecule has 1 N–H and O–H groups in total. The van der Waals surface area contributed by atoms with Crippen molar-refractivity contribution >= 4 is 17.5 Å². The van der Waals surface area contributed by atoms with Crippen LogP contribution >= 0.6 is 11.8 Å². The largest absolute Gasteiger partial charge is 0.388 e. The number of hydrogen-bond acceptors (Lipinski definition) is 3. The molecule has 1 fully saturated rings. The first-order valence-corrected chi connectivity index (χ1v) is 6.28. The fraction of sp³-hybridized carbons (Fsp3) is 0.417. The molecule has 15 heavy (non-hydrogen) atoms. The van der Waals surface area contributed by atoms with Gasteiger partial charge in [0.1, 0.15) is 5.78 Å². The molecule has 2 atom stereocenters. The topological polar surface area (TPSA) is 37.3 Å². The Morgan fingerprint density at radius 1 is 1.33 bits per heavy atom. The standard InChI is InChI=1S/C12H14O2S/c13-11-6-7-15-8-10(11)12(14)9-4-2-1-3-5-9/h1-5,10,12,14H,6-8H2/t10-,12-/m0/s1. The minimum Gasteiger partial charge on any atom is -0.388 e. The quantitative estimate of drug-likeness (QED) is 0.832. The maximum Gasteiger partial charge on any atom is 0.140 e. The van der Waals surface area contributed by atoms with Crippen molar-refractivity contribution in [1.29, 1.82) is 0 Å². The zero-order valence-corrected chi connectivity index (χ0v) is 9.24. The zero-order chi connectivity index (χ0) is 10.7. The van der Waals surface area contributed by atoms with E-state index in [0.717, 1.165) is 17.1 Å². The maximum atomic E-state index is 11.6. The van der Waals surface area contributed by atoms with Gasteiger partial charge in [-0.05, 0) is 5.56 Å². The highest BCUT2D eigenvalue weighted by Gasteiger charge is 2.30. The van der Waals surface area contributed by atoms with Gasteiger partial charge in [0.15, 0.2) is 0 Å². The highest BCUT2D eigenvalue weighted by Crippen LogP contribution is 2.30. The number of aliphatic hydroxyl groups is 1. The van der Waals surface area contributed by atoms with E-state index in [0.29, 0.717) is 6.42 Å². The number of ketones is 1. The van der Waals surface area contributed by atoms with Gasteiger partial charge in [0.2, 0.25) is 0 Å². The molecule has 80 valence electrons. The number of benzene rings is 1. The second-order valence-corrected chi connectivity index (χ2v) is 4.90. The first-order chi connectivity index (χ1) is 7.29.